The lowest BCUT2D eigenvalue weighted by Gasteiger charge is -2.33. The first-order chi connectivity index (χ1) is 9.29. The van der Waals surface area contributed by atoms with Crippen molar-refractivity contribution in [2.45, 2.75) is 33.4 Å². The van der Waals surface area contributed by atoms with Gasteiger partial charge in [0.05, 0.1) is 31.0 Å². The first-order valence-electron chi connectivity index (χ1n) is 6.36. The van der Waals surface area contributed by atoms with Gasteiger partial charge in [-0.2, -0.15) is 4.98 Å². The molecule has 1 atom stereocenters. The summed E-state index contributed by atoms with van der Waals surface area (Å²) < 4.78 is 5.33. The van der Waals surface area contributed by atoms with Crippen molar-refractivity contribution in [1.29, 1.82) is 0 Å². The molecule has 0 spiro atoms. The Labute approximate surface area is 118 Å². The van der Waals surface area contributed by atoms with E-state index in [0.717, 1.165) is 5.56 Å². The van der Waals surface area contributed by atoms with Crippen LogP contribution in [0.5, 0.6) is 5.88 Å². The van der Waals surface area contributed by atoms with E-state index in [-0.39, 0.29) is 18.0 Å². The Bertz CT molecular complexity index is 564. The summed E-state index contributed by atoms with van der Waals surface area (Å²) in [4.78, 5) is 21.5. The number of hydrogen-bond acceptors (Lipinski definition) is 4. The van der Waals surface area contributed by atoms with E-state index in [2.05, 4.69) is 16.5 Å². The lowest BCUT2D eigenvalue weighted by molar-refractivity contribution is 0.0888. The number of aromatic nitrogens is 2. The second-order valence-electron chi connectivity index (χ2n) is 5.83. The van der Waals surface area contributed by atoms with Gasteiger partial charge >= 0.3 is 6.09 Å². The molecule has 0 bridgehead atoms. The van der Waals surface area contributed by atoms with Crippen molar-refractivity contribution in [3.05, 3.63) is 23.7 Å². The molecule has 0 saturated heterocycles. The molecule has 0 fully saturated rings. The van der Waals surface area contributed by atoms with Gasteiger partial charge in [-0.1, -0.05) is 27.4 Å². The number of amides is 1. The van der Waals surface area contributed by atoms with Crippen LogP contribution < -0.4 is 4.74 Å². The second kappa shape index (κ2) is 4.77. The molecular formula is C14H19N3O3. The molecule has 20 heavy (non-hydrogen) atoms. The highest BCUT2D eigenvalue weighted by atomic mass is 16.5. The van der Waals surface area contributed by atoms with E-state index in [1.165, 1.54) is 18.1 Å². The molecule has 1 unspecified atom stereocenters. The number of hydrogen-bond donors (Lipinski definition) is 1. The quantitative estimate of drug-likeness (QED) is 0.899. The summed E-state index contributed by atoms with van der Waals surface area (Å²) >= 11 is 0. The van der Waals surface area contributed by atoms with E-state index in [4.69, 9.17) is 4.74 Å². The van der Waals surface area contributed by atoms with Crippen molar-refractivity contribution >= 4 is 12.2 Å². The molecule has 2 rings (SSSR count). The molecule has 2 heterocycles. The second-order valence-corrected chi connectivity index (χ2v) is 5.83. The summed E-state index contributed by atoms with van der Waals surface area (Å²) in [6.45, 7) is 9.85. The van der Waals surface area contributed by atoms with Crippen LogP contribution in [-0.2, 0) is 6.54 Å². The van der Waals surface area contributed by atoms with Crippen LogP contribution in [0.15, 0.2) is 6.58 Å². The predicted molar refractivity (Wildman–Crippen MR) is 74.4 cm³/mol. The normalized spacial score (nSPS) is 17.8. The number of fused-ring (bicyclic) bond motifs is 1. The Hall–Kier alpha value is -2.11. The average Bonchev–Trinajstić information content (AvgIpc) is 2.76. The van der Waals surface area contributed by atoms with Gasteiger partial charge in [0.1, 0.15) is 0 Å². The molecule has 1 amide bonds. The Balaban J connectivity index is 2.65. The summed E-state index contributed by atoms with van der Waals surface area (Å²) in [7, 11) is 1.53. The number of nitrogens with zero attached hydrogens (tertiary/aromatic N) is 3. The highest BCUT2D eigenvalue weighted by molar-refractivity contribution is 5.68. The molecule has 1 aliphatic rings. The Morgan fingerprint density at radius 3 is 2.60 bits per heavy atom. The summed E-state index contributed by atoms with van der Waals surface area (Å²) in [5.41, 5.74) is 1.16. The highest BCUT2D eigenvalue weighted by Crippen LogP contribution is 2.47. The summed E-state index contributed by atoms with van der Waals surface area (Å²) in [6.07, 6.45) is 0.559. The lowest BCUT2D eigenvalue weighted by atomic mass is 9.83. The smallest absolute Gasteiger partial charge is 0.408 e. The Morgan fingerprint density at radius 1 is 1.50 bits per heavy atom. The number of carbonyl (C=O) groups is 1. The van der Waals surface area contributed by atoms with Crippen LogP contribution in [-0.4, -0.2) is 33.2 Å². The van der Waals surface area contributed by atoms with Crippen LogP contribution in [0.3, 0.4) is 0 Å². The molecule has 1 N–H and O–H groups in total. The van der Waals surface area contributed by atoms with Crippen LogP contribution in [0.25, 0.3) is 6.08 Å². The van der Waals surface area contributed by atoms with Crippen LogP contribution in [0.4, 0.5) is 4.79 Å². The van der Waals surface area contributed by atoms with Crippen molar-refractivity contribution in [1.82, 2.24) is 14.9 Å². The van der Waals surface area contributed by atoms with Crippen LogP contribution in [0.2, 0.25) is 0 Å². The van der Waals surface area contributed by atoms with Crippen molar-refractivity contribution in [2.75, 3.05) is 7.11 Å². The minimum absolute atomic E-state index is 0.242. The minimum Gasteiger partial charge on any atom is -0.481 e. The van der Waals surface area contributed by atoms with Crippen molar-refractivity contribution in [3.63, 3.8) is 0 Å². The predicted octanol–water partition coefficient (Wildman–Crippen LogP) is 2.71. The van der Waals surface area contributed by atoms with Gasteiger partial charge in [-0.3, -0.25) is 4.90 Å². The third kappa shape index (κ3) is 2.21. The van der Waals surface area contributed by atoms with E-state index in [9.17, 15) is 9.90 Å². The maximum atomic E-state index is 11.5. The van der Waals surface area contributed by atoms with Gasteiger partial charge in [-0.15, -0.1) is 0 Å². The number of carboxylic acid groups (broad SMARTS) is 1. The third-order valence-electron chi connectivity index (χ3n) is 3.35. The molecule has 0 saturated carbocycles. The Morgan fingerprint density at radius 2 is 2.15 bits per heavy atom. The van der Waals surface area contributed by atoms with E-state index in [1.807, 2.05) is 20.8 Å². The average molecular weight is 277 g/mol. The SMILES string of the molecule is C=Cc1nc2c(c(OC)n1)C(C(C)(C)C)N(C(=O)O)C2. The van der Waals surface area contributed by atoms with Gasteiger partial charge in [-0.25, -0.2) is 9.78 Å². The van der Waals surface area contributed by atoms with E-state index in [1.54, 1.807) is 0 Å². The van der Waals surface area contributed by atoms with Crippen LogP contribution >= 0.6 is 0 Å². The van der Waals surface area contributed by atoms with Crippen molar-refractivity contribution in [2.24, 2.45) is 5.41 Å². The van der Waals surface area contributed by atoms with Crippen LogP contribution in [0, 0.1) is 5.41 Å². The lowest BCUT2D eigenvalue weighted by Crippen LogP contribution is -2.35. The standard InChI is InChI=1S/C14H19N3O3/c1-6-9-15-8-7-17(13(18)19)11(14(2,3)4)10(8)12(16-9)20-5/h6,11H,1,7H2,2-5H3,(H,18,19). The number of methoxy groups -OCH3 is 1. The van der Waals surface area contributed by atoms with Gasteiger partial charge in [0.2, 0.25) is 5.88 Å². The topological polar surface area (TPSA) is 75.6 Å². The molecule has 6 heteroatoms. The highest BCUT2D eigenvalue weighted by Gasteiger charge is 2.44. The fourth-order valence-electron chi connectivity index (χ4n) is 2.64. The zero-order chi connectivity index (χ0) is 15.1. The zero-order valence-electron chi connectivity index (χ0n) is 12.2. The van der Waals surface area contributed by atoms with Gasteiger partial charge in [0, 0.05) is 0 Å². The summed E-state index contributed by atoms with van der Waals surface area (Å²) in [6, 6.07) is -0.330. The minimum atomic E-state index is -0.967. The molecule has 0 radical (unpaired) electrons. The number of rotatable bonds is 2. The zero-order valence-corrected chi connectivity index (χ0v) is 12.2. The third-order valence-corrected chi connectivity index (χ3v) is 3.35. The molecule has 1 aromatic heterocycles. The Kier molecular flexibility index (Phi) is 3.41. The first-order valence-corrected chi connectivity index (χ1v) is 6.36. The maximum Gasteiger partial charge on any atom is 0.408 e. The first kappa shape index (κ1) is 14.3. The van der Waals surface area contributed by atoms with Crippen molar-refractivity contribution in [3.8, 4) is 5.88 Å². The molecular weight excluding hydrogens is 258 g/mol. The molecule has 108 valence electrons. The monoisotopic (exact) mass is 277 g/mol. The molecule has 1 aromatic rings. The van der Waals surface area contributed by atoms with Gasteiger partial charge in [-0.05, 0) is 11.5 Å². The van der Waals surface area contributed by atoms with Gasteiger partial charge in [0.15, 0.2) is 5.82 Å². The molecule has 0 aromatic carbocycles. The fourth-order valence-corrected chi connectivity index (χ4v) is 2.64. The van der Waals surface area contributed by atoms with E-state index >= 15 is 0 Å². The molecule has 6 nitrogen and oxygen atoms in total. The largest absolute Gasteiger partial charge is 0.481 e. The van der Waals surface area contributed by atoms with E-state index in [0.29, 0.717) is 17.4 Å². The van der Waals surface area contributed by atoms with E-state index < -0.39 is 6.09 Å². The summed E-state index contributed by atoms with van der Waals surface area (Å²) in [5, 5.41) is 9.43. The fraction of sp³-hybridized carbons (Fsp3) is 0.500. The summed E-state index contributed by atoms with van der Waals surface area (Å²) in [5.74, 6) is 0.870. The van der Waals surface area contributed by atoms with Crippen molar-refractivity contribution < 1.29 is 14.6 Å². The molecule has 1 aliphatic heterocycles. The maximum absolute atomic E-state index is 11.5. The van der Waals surface area contributed by atoms with Gasteiger partial charge < -0.3 is 9.84 Å². The molecule has 0 aliphatic carbocycles. The van der Waals surface area contributed by atoms with Gasteiger partial charge in [0.25, 0.3) is 0 Å². The number of ether oxygens (including phenoxy) is 1. The van der Waals surface area contributed by atoms with Crippen LogP contribution in [0.1, 0.15) is 43.9 Å².